The quantitative estimate of drug-likeness (QED) is 0.713. The summed E-state index contributed by atoms with van der Waals surface area (Å²) in [6.45, 7) is 8.06. The Bertz CT molecular complexity index is 659. The summed E-state index contributed by atoms with van der Waals surface area (Å²) in [6, 6.07) is 6.47. The Hall–Kier alpha value is -1.69. The highest BCUT2D eigenvalue weighted by atomic mass is 32.2. The number of hydrogen-bond acceptors (Lipinski definition) is 5. The second-order valence-corrected chi connectivity index (χ2v) is 8.11. The van der Waals surface area contributed by atoms with Crippen LogP contribution < -0.4 is 0 Å². The Morgan fingerprint density at radius 2 is 1.61 bits per heavy atom. The van der Waals surface area contributed by atoms with E-state index < -0.39 is 27.8 Å². The van der Waals surface area contributed by atoms with Crippen molar-refractivity contribution in [2.45, 2.75) is 45.6 Å². The number of Topliss-reactive ketones (excluding diaryl/α,β-unsaturated/α-hetero) is 1. The van der Waals surface area contributed by atoms with Gasteiger partial charge in [-0.15, -0.1) is 0 Å². The van der Waals surface area contributed by atoms with E-state index in [1.54, 1.807) is 32.9 Å². The van der Waals surface area contributed by atoms with Crippen LogP contribution >= 0.6 is 0 Å². The lowest BCUT2D eigenvalue weighted by molar-refractivity contribution is -0.149. The first kappa shape index (κ1) is 19.4. The molecule has 0 heterocycles. The highest BCUT2D eigenvalue weighted by Crippen LogP contribution is 2.21. The van der Waals surface area contributed by atoms with Gasteiger partial charge in [0.15, 0.2) is 9.84 Å². The third-order valence-electron chi connectivity index (χ3n) is 3.63. The largest absolute Gasteiger partial charge is 0.462 e. The van der Waals surface area contributed by atoms with Gasteiger partial charge >= 0.3 is 5.97 Å². The Kier molecular flexibility index (Phi) is 6.50. The van der Waals surface area contributed by atoms with Crippen molar-refractivity contribution in [3.63, 3.8) is 0 Å². The van der Waals surface area contributed by atoms with Crippen LogP contribution in [0.4, 0.5) is 0 Å². The van der Waals surface area contributed by atoms with E-state index in [0.29, 0.717) is 0 Å². The highest BCUT2D eigenvalue weighted by molar-refractivity contribution is 7.91. The third-order valence-corrected chi connectivity index (χ3v) is 5.42. The molecule has 0 aliphatic rings. The van der Waals surface area contributed by atoms with Crippen LogP contribution in [0, 0.1) is 18.8 Å². The van der Waals surface area contributed by atoms with Crippen molar-refractivity contribution in [1.29, 1.82) is 0 Å². The fourth-order valence-electron chi connectivity index (χ4n) is 2.30. The molecular formula is C17H24O5S. The molecule has 128 valence electrons. The minimum absolute atomic E-state index is 0.166. The first-order valence-electron chi connectivity index (χ1n) is 7.55. The maximum atomic E-state index is 12.6. The molecule has 1 aromatic rings. The molecule has 0 aliphatic heterocycles. The average molecular weight is 340 g/mol. The molecule has 2 atom stereocenters. The molecule has 0 fully saturated rings. The molecule has 0 aliphatic carbocycles. The molecule has 5 nitrogen and oxygen atoms in total. The van der Waals surface area contributed by atoms with Gasteiger partial charge < -0.3 is 4.74 Å². The average Bonchev–Trinajstić information content (AvgIpc) is 2.43. The van der Waals surface area contributed by atoms with Gasteiger partial charge in [-0.2, -0.15) is 0 Å². The van der Waals surface area contributed by atoms with Gasteiger partial charge in [-0.05, 0) is 26.0 Å². The van der Waals surface area contributed by atoms with E-state index in [1.807, 2.05) is 6.92 Å². The number of rotatable bonds is 7. The molecule has 0 bridgehead atoms. The topological polar surface area (TPSA) is 77.5 Å². The van der Waals surface area contributed by atoms with Gasteiger partial charge in [-0.25, -0.2) is 8.42 Å². The number of carbonyl (C=O) groups excluding carboxylic acids is 2. The molecule has 0 N–H and O–H groups in total. The summed E-state index contributed by atoms with van der Waals surface area (Å²) in [7, 11) is -3.65. The molecule has 0 unspecified atom stereocenters. The predicted molar refractivity (Wildman–Crippen MR) is 87.8 cm³/mol. The molecule has 6 heteroatoms. The lowest BCUT2D eigenvalue weighted by atomic mass is 9.93. The fourth-order valence-corrected chi connectivity index (χ4v) is 3.95. The van der Waals surface area contributed by atoms with Crippen molar-refractivity contribution in [3.8, 4) is 0 Å². The van der Waals surface area contributed by atoms with Crippen molar-refractivity contribution in [2.24, 2.45) is 11.8 Å². The van der Waals surface area contributed by atoms with E-state index >= 15 is 0 Å². The number of esters is 1. The number of carbonyl (C=O) groups is 2. The second-order valence-electron chi connectivity index (χ2n) is 6.07. The highest BCUT2D eigenvalue weighted by Gasteiger charge is 2.34. The van der Waals surface area contributed by atoms with E-state index in [-0.39, 0.29) is 22.3 Å². The minimum atomic E-state index is -3.65. The number of hydrogen-bond donors (Lipinski definition) is 0. The molecule has 0 saturated heterocycles. The van der Waals surface area contributed by atoms with Crippen LogP contribution in [-0.4, -0.2) is 32.0 Å². The lowest BCUT2D eigenvalue weighted by Crippen LogP contribution is -2.37. The third kappa shape index (κ3) is 5.46. The lowest BCUT2D eigenvalue weighted by Gasteiger charge is -2.24. The van der Waals surface area contributed by atoms with Crippen molar-refractivity contribution >= 4 is 21.6 Å². The molecule has 23 heavy (non-hydrogen) atoms. The summed E-state index contributed by atoms with van der Waals surface area (Å²) < 4.78 is 30.2. The second kappa shape index (κ2) is 7.73. The monoisotopic (exact) mass is 340 g/mol. The summed E-state index contributed by atoms with van der Waals surface area (Å²) in [4.78, 5) is 23.7. The van der Waals surface area contributed by atoms with Crippen molar-refractivity contribution in [1.82, 2.24) is 0 Å². The molecule has 0 radical (unpaired) electrons. The Balaban J connectivity index is 3.10. The molecule has 0 saturated carbocycles. The van der Waals surface area contributed by atoms with Gasteiger partial charge in [0.25, 0.3) is 0 Å². The van der Waals surface area contributed by atoms with E-state index in [9.17, 15) is 18.0 Å². The predicted octanol–water partition coefficient (Wildman–Crippen LogP) is 2.56. The van der Waals surface area contributed by atoms with Crippen LogP contribution in [0.2, 0.25) is 0 Å². The summed E-state index contributed by atoms with van der Waals surface area (Å²) in [6.07, 6.45) is -0.789. The number of ether oxygens (including phenoxy) is 1. The van der Waals surface area contributed by atoms with Gasteiger partial charge in [0.05, 0.1) is 16.6 Å². The summed E-state index contributed by atoms with van der Waals surface area (Å²) in [5.74, 6) is -2.36. The van der Waals surface area contributed by atoms with E-state index in [0.717, 1.165) is 5.56 Å². The van der Waals surface area contributed by atoms with Crippen molar-refractivity contribution in [2.75, 3.05) is 5.75 Å². The smallest absolute Gasteiger partial charge is 0.302 e. The van der Waals surface area contributed by atoms with Gasteiger partial charge in [0.1, 0.15) is 11.9 Å². The van der Waals surface area contributed by atoms with Gasteiger partial charge in [-0.1, -0.05) is 31.5 Å². The first-order chi connectivity index (χ1) is 10.5. The van der Waals surface area contributed by atoms with Gasteiger partial charge in [-0.3, -0.25) is 9.59 Å². The fraction of sp³-hybridized carbons (Fsp3) is 0.529. The molecule has 1 rings (SSSR count). The number of ketones is 1. The van der Waals surface area contributed by atoms with Crippen molar-refractivity contribution in [3.05, 3.63) is 29.8 Å². The van der Waals surface area contributed by atoms with Gasteiger partial charge in [0.2, 0.25) is 0 Å². The summed E-state index contributed by atoms with van der Waals surface area (Å²) >= 11 is 0. The van der Waals surface area contributed by atoms with E-state index in [2.05, 4.69) is 0 Å². The maximum absolute atomic E-state index is 12.6. The van der Waals surface area contributed by atoms with Crippen LogP contribution in [0.25, 0.3) is 0 Å². The van der Waals surface area contributed by atoms with Crippen LogP contribution in [0.3, 0.4) is 0 Å². The Morgan fingerprint density at radius 1 is 1.09 bits per heavy atom. The zero-order valence-corrected chi connectivity index (χ0v) is 15.0. The van der Waals surface area contributed by atoms with Crippen LogP contribution in [0.1, 0.15) is 33.3 Å². The Morgan fingerprint density at radius 3 is 2.04 bits per heavy atom. The maximum Gasteiger partial charge on any atom is 0.302 e. The zero-order chi connectivity index (χ0) is 17.8. The first-order valence-corrected chi connectivity index (χ1v) is 9.20. The van der Waals surface area contributed by atoms with Gasteiger partial charge in [0, 0.05) is 12.8 Å². The van der Waals surface area contributed by atoms with Crippen LogP contribution in [-0.2, 0) is 24.2 Å². The number of sulfone groups is 1. The van der Waals surface area contributed by atoms with Crippen LogP contribution in [0.15, 0.2) is 29.2 Å². The molecule has 0 spiro atoms. The number of benzene rings is 1. The Labute approximate surface area is 138 Å². The molecule has 0 amide bonds. The number of aryl methyl sites for hydroxylation is 1. The zero-order valence-electron chi connectivity index (χ0n) is 14.2. The molecule has 0 aromatic heterocycles. The normalized spacial score (nSPS) is 14.3. The van der Waals surface area contributed by atoms with Crippen LogP contribution in [0.5, 0.6) is 0 Å². The van der Waals surface area contributed by atoms with Crippen molar-refractivity contribution < 1.29 is 22.7 Å². The standard InChI is InChI=1S/C17H24O5S/c1-11(2)17(19)16(13(4)22-14(5)18)10-23(20,21)15-8-6-12(3)7-9-15/h6-9,11,13,16H,10H2,1-5H3/t13-,16+/m1/s1. The summed E-state index contributed by atoms with van der Waals surface area (Å²) in [5, 5.41) is 0. The SMILES string of the molecule is CC(=O)O[C@H](C)[C@H](CS(=O)(=O)c1ccc(C)cc1)C(=O)C(C)C. The minimum Gasteiger partial charge on any atom is -0.462 e. The molecule has 1 aromatic carbocycles. The summed E-state index contributed by atoms with van der Waals surface area (Å²) in [5.41, 5.74) is 0.951. The van der Waals surface area contributed by atoms with E-state index in [4.69, 9.17) is 4.74 Å². The van der Waals surface area contributed by atoms with E-state index in [1.165, 1.54) is 19.1 Å². The molecular weight excluding hydrogens is 316 g/mol.